The SMILES string of the molecule is CC1(NC(=O)CCC(F)(F)F)CCNCC1.Cl. The highest BCUT2D eigenvalue weighted by Crippen LogP contribution is 2.22. The maximum Gasteiger partial charge on any atom is 0.389 e. The van der Waals surface area contributed by atoms with Crippen LogP contribution in [0, 0.1) is 0 Å². The highest BCUT2D eigenvalue weighted by atomic mass is 35.5. The van der Waals surface area contributed by atoms with Crippen LogP contribution >= 0.6 is 12.4 Å². The van der Waals surface area contributed by atoms with Crippen LogP contribution in [0.2, 0.25) is 0 Å². The number of halogens is 4. The number of rotatable bonds is 3. The lowest BCUT2D eigenvalue weighted by atomic mass is 9.90. The average Bonchev–Trinajstić information content (AvgIpc) is 2.14. The Balaban J connectivity index is 0.00000256. The van der Waals surface area contributed by atoms with Gasteiger partial charge in [0.05, 0.1) is 6.42 Å². The second-order valence-corrected chi connectivity index (χ2v) is 4.47. The van der Waals surface area contributed by atoms with Crippen molar-refractivity contribution < 1.29 is 18.0 Å². The number of alkyl halides is 3. The summed E-state index contributed by atoms with van der Waals surface area (Å²) >= 11 is 0. The Kier molecular flexibility index (Phi) is 6.26. The van der Waals surface area contributed by atoms with Crippen LogP contribution < -0.4 is 10.6 Å². The Morgan fingerprint density at radius 2 is 1.88 bits per heavy atom. The van der Waals surface area contributed by atoms with Gasteiger partial charge in [0.2, 0.25) is 5.91 Å². The molecule has 3 nitrogen and oxygen atoms in total. The van der Waals surface area contributed by atoms with Crippen LogP contribution in [-0.4, -0.2) is 30.7 Å². The highest BCUT2D eigenvalue weighted by molar-refractivity contribution is 5.85. The monoisotopic (exact) mass is 274 g/mol. The standard InChI is InChI=1S/C10H17F3N2O.ClH/c1-9(4-6-14-7-5-9)15-8(16)2-3-10(11,12)13;/h14H,2-7H2,1H3,(H,15,16);1H. The van der Waals surface area contributed by atoms with E-state index in [1.807, 2.05) is 6.92 Å². The Labute approximate surface area is 105 Å². The topological polar surface area (TPSA) is 41.1 Å². The molecule has 7 heteroatoms. The van der Waals surface area contributed by atoms with E-state index in [1.165, 1.54) is 0 Å². The Bertz CT molecular complexity index is 252. The summed E-state index contributed by atoms with van der Waals surface area (Å²) in [5, 5.41) is 5.83. The summed E-state index contributed by atoms with van der Waals surface area (Å²) < 4.78 is 35.7. The molecule has 1 fully saturated rings. The van der Waals surface area contributed by atoms with Crippen molar-refractivity contribution in [2.75, 3.05) is 13.1 Å². The molecule has 0 aromatic rings. The smallest absolute Gasteiger partial charge is 0.351 e. The lowest BCUT2D eigenvalue weighted by Crippen LogP contribution is -2.52. The molecule has 0 bridgehead atoms. The van der Waals surface area contributed by atoms with E-state index in [2.05, 4.69) is 10.6 Å². The van der Waals surface area contributed by atoms with Gasteiger partial charge in [0.15, 0.2) is 0 Å². The molecule has 1 rings (SSSR count). The van der Waals surface area contributed by atoms with Gasteiger partial charge in [0.25, 0.3) is 0 Å². The third kappa shape index (κ3) is 6.73. The summed E-state index contributed by atoms with van der Waals surface area (Å²) in [4.78, 5) is 11.3. The molecule has 0 radical (unpaired) electrons. The summed E-state index contributed by atoms with van der Waals surface area (Å²) in [6, 6.07) is 0. The largest absolute Gasteiger partial charge is 0.389 e. The Morgan fingerprint density at radius 3 is 2.35 bits per heavy atom. The number of carbonyl (C=O) groups is 1. The van der Waals surface area contributed by atoms with Crippen molar-refractivity contribution in [2.24, 2.45) is 0 Å². The summed E-state index contributed by atoms with van der Waals surface area (Å²) in [6.45, 7) is 3.45. The van der Waals surface area contributed by atoms with Crippen molar-refractivity contribution in [3.8, 4) is 0 Å². The minimum Gasteiger partial charge on any atom is -0.351 e. The van der Waals surface area contributed by atoms with E-state index in [0.717, 1.165) is 25.9 Å². The van der Waals surface area contributed by atoms with Crippen LogP contribution in [0.4, 0.5) is 13.2 Å². The van der Waals surface area contributed by atoms with Gasteiger partial charge in [-0.2, -0.15) is 13.2 Å². The molecular formula is C10H18ClF3N2O. The van der Waals surface area contributed by atoms with Crippen LogP contribution in [0.25, 0.3) is 0 Å². The fourth-order valence-electron chi connectivity index (χ4n) is 1.76. The quantitative estimate of drug-likeness (QED) is 0.827. The highest BCUT2D eigenvalue weighted by Gasteiger charge is 2.31. The minimum atomic E-state index is -4.26. The van der Waals surface area contributed by atoms with Crippen LogP contribution in [0.15, 0.2) is 0 Å². The lowest BCUT2D eigenvalue weighted by molar-refractivity contribution is -0.145. The zero-order chi connectivity index (χ0) is 12.2. The van der Waals surface area contributed by atoms with Gasteiger partial charge in [0.1, 0.15) is 0 Å². The zero-order valence-corrected chi connectivity index (χ0v) is 10.5. The average molecular weight is 275 g/mol. The molecule has 1 heterocycles. The van der Waals surface area contributed by atoms with E-state index in [0.29, 0.717) is 0 Å². The van der Waals surface area contributed by atoms with E-state index in [-0.39, 0.29) is 17.9 Å². The van der Waals surface area contributed by atoms with Crippen molar-refractivity contribution >= 4 is 18.3 Å². The molecule has 0 saturated carbocycles. The third-order valence-electron chi connectivity index (χ3n) is 2.78. The second-order valence-electron chi connectivity index (χ2n) is 4.47. The van der Waals surface area contributed by atoms with E-state index in [9.17, 15) is 18.0 Å². The van der Waals surface area contributed by atoms with Crippen LogP contribution in [0.1, 0.15) is 32.6 Å². The first-order valence-corrected chi connectivity index (χ1v) is 5.39. The Morgan fingerprint density at radius 1 is 1.35 bits per heavy atom. The van der Waals surface area contributed by atoms with Crippen molar-refractivity contribution in [3.63, 3.8) is 0 Å². The summed E-state index contributed by atoms with van der Waals surface area (Å²) in [5.41, 5.74) is -0.353. The van der Waals surface area contributed by atoms with Gasteiger partial charge >= 0.3 is 6.18 Å². The van der Waals surface area contributed by atoms with Gasteiger partial charge in [-0.3, -0.25) is 4.79 Å². The molecule has 1 aliphatic heterocycles. The number of amides is 1. The first kappa shape index (κ1) is 16.5. The fourth-order valence-corrected chi connectivity index (χ4v) is 1.76. The van der Waals surface area contributed by atoms with Crippen molar-refractivity contribution in [1.82, 2.24) is 10.6 Å². The summed E-state index contributed by atoms with van der Waals surface area (Å²) in [5.74, 6) is -0.512. The molecule has 0 atom stereocenters. The van der Waals surface area contributed by atoms with Gasteiger partial charge in [-0.15, -0.1) is 12.4 Å². The first-order chi connectivity index (χ1) is 7.31. The zero-order valence-electron chi connectivity index (χ0n) is 9.69. The lowest BCUT2D eigenvalue weighted by Gasteiger charge is -2.35. The van der Waals surface area contributed by atoms with Crippen molar-refractivity contribution in [1.29, 1.82) is 0 Å². The molecular weight excluding hydrogens is 257 g/mol. The van der Waals surface area contributed by atoms with Crippen LogP contribution in [0.5, 0.6) is 0 Å². The summed E-state index contributed by atoms with van der Waals surface area (Å²) in [7, 11) is 0. The van der Waals surface area contributed by atoms with Crippen LogP contribution in [0.3, 0.4) is 0 Å². The fraction of sp³-hybridized carbons (Fsp3) is 0.900. The van der Waals surface area contributed by atoms with E-state index >= 15 is 0 Å². The summed E-state index contributed by atoms with van der Waals surface area (Å²) in [6.07, 6.45) is -4.28. The van der Waals surface area contributed by atoms with E-state index in [1.54, 1.807) is 0 Å². The molecule has 0 unspecified atom stereocenters. The van der Waals surface area contributed by atoms with E-state index in [4.69, 9.17) is 0 Å². The number of nitrogens with one attached hydrogen (secondary N) is 2. The third-order valence-corrected chi connectivity index (χ3v) is 2.78. The minimum absolute atomic E-state index is 0. The molecule has 1 aliphatic rings. The number of hydrogen-bond acceptors (Lipinski definition) is 2. The molecule has 17 heavy (non-hydrogen) atoms. The van der Waals surface area contributed by atoms with Crippen LogP contribution in [-0.2, 0) is 4.79 Å². The number of carbonyl (C=O) groups excluding carboxylic acids is 1. The molecule has 0 aromatic heterocycles. The van der Waals surface area contributed by atoms with Gasteiger partial charge in [-0.05, 0) is 32.9 Å². The maximum absolute atomic E-state index is 11.9. The molecule has 0 spiro atoms. The van der Waals surface area contributed by atoms with Gasteiger partial charge in [-0.25, -0.2) is 0 Å². The maximum atomic E-state index is 11.9. The van der Waals surface area contributed by atoms with Gasteiger partial charge < -0.3 is 10.6 Å². The normalized spacial score (nSPS) is 19.3. The van der Waals surface area contributed by atoms with Gasteiger partial charge in [-0.1, -0.05) is 0 Å². The predicted molar refractivity (Wildman–Crippen MR) is 61.2 cm³/mol. The molecule has 1 saturated heterocycles. The Hall–Kier alpha value is -0.490. The molecule has 2 N–H and O–H groups in total. The van der Waals surface area contributed by atoms with E-state index < -0.39 is 24.9 Å². The molecule has 0 aliphatic carbocycles. The second kappa shape index (κ2) is 6.44. The molecule has 102 valence electrons. The predicted octanol–water partition coefficient (Wildman–Crippen LogP) is 2.01. The molecule has 1 amide bonds. The first-order valence-electron chi connectivity index (χ1n) is 5.39. The van der Waals surface area contributed by atoms with Crippen molar-refractivity contribution in [2.45, 2.75) is 44.3 Å². The van der Waals surface area contributed by atoms with Crippen molar-refractivity contribution in [3.05, 3.63) is 0 Å². The molecule has 0 aromatic carbocycles. The number of hydrogen-bond donors (Lipinski definition) is 2. The number of piperidine rings is 1. The van der Waals surface area contributed by atoms with Gasteiger partial charge in [0, 0.05) is 12.0 Å².